The molecule has 0 aliphatic rings. The van der Waals surface area contributed by atoms with Crippen LogP contribution in [0.2, 0.25) is 0 Å². The zero-order valence-corrected chi connectivity index (χ0v) is 11.9. The molecule has 0 aromatic heterocycles. The normalized spacial score (nSPS) is 16.1. The van der Waals surface area contributed by atoms with Crippen molar-refractivity contribution in [2.75, 3.05) is 7.11 Å². The molecule has 0 heterocycles. The third kappa shape index (κ3) is 6.36. The van der Waals surface area contributed by atoms with Crippen LogP contribution in [0.4, 0.5) is 0 Å². The molecule has 4 nitrogen and oxygen atoms in total. The second-order valence-electron chi connectivity index (χ2n) is 5.06. The summed E-state index contributed by atoms with van der Waals surface area (Å²) in [4.78, 5) is 11.2. The number of carbonyl (C=O) groups excluding carboxylic acids is 1. The van der Waals surface area contributed by atoms with Gasteiger partial charge in [-0.05, 0) is 13.3 Å². The van der Waals surface area contributed by atoms with Gasteiger partial charge in [0.2, 0.25) is 0 Å². The number of hydrogen-bond acceptors (Lipinski definition) is 4. The van der Waals surface area contributed by atoms with E-state index < -0.39 is 17.7 Å². The van der Waals surface area contributed by atoms with E-state index in [0.717, 1.165) is 19.3 Å². The number of rotatable bonds is 10. The molecule has 2 N–H and O–H groups in total. The van der Waals surface area contributed by atoms with Gasteiger partial charge in [0.15, 0.2) is 5.60 Å². The molecule has 0 rings (SSSR count). The Balaban J connectivity index is 3.70. The van der Waals surface area contributed by atoms with Crippen molar-refractivity contribution in [2.45, 2.75) is 76.9 Å². The lowest BCUT2D eigenvalue weighted by Crippen LogP contribution is -2.47. The van der Waals surface area contributed by atoms with Gasteiger partial charge in [0.1, 0.15) is 0 Å². The van der Waals surface area contributed by atoms with Crippen molar-refractivity contribution in [3.8, 4) is 0 Å². The summed E-state index contributed by atoms with van der Waals surface area (Å²) in [6.07, 6.45) is 7.36. The monoisotopic (exact) mass is 260 g/mol. The lowest BCUT2D eigenvalue weighted by atomic mass is 9.94. The molecule has 2 atom stereocenters. The number of ether oxygens (including phenoxy) is 1. The first-order valence-corrected chi connectivity index (χ1v) is 6.95. The summed E-state index contributed by atoms with van der Waals surface area (Å²) in [5, 5.41) is 19.6. The Kier molecular flexibility index (Phi) is 9.02. The minimum Gasteiger partial charge on any atom is -0.467 e. The van der Waals surface area contributed by atoms with Gasteiger partial charge >= 0.3 is 5.97 Å². The third-order valence-electron chi connectivity index (χ3n) is 3.33. The number of esters is 1. The summed E-state index contributed by atoms with van der Waals surface area (Å²) in [5.41, 5.74) is -1.79. The summed E-state index contributed by atoms with van der Waals surface area (Å²) in [6.45, 7) is 3.48. The molecule has 108 valence electrons. The average Bonchev–Trinajstić information content (AvgIpc) is 2.36. The van der Waals surface area contributed by atoms with Crippen molar-refractivity contribution >= 4 is 5.97 Å². The van der Waals surface area contributed by atoms with Gasteiger partial charge in [-0.25, -0.2) is 4.79 Å². The van der Waals surface area contributed by atoms with E-state index in [1.165, 1.54) is 39.7 Å². The predicted octanol–water partition coefficient (Wildman–Crippen LogP) is 2.41. The largest absolute Gasteiger partial charge is 0.467 e. The topological polar surface area (TPSA) is 66.8 Å². The van der Waals surface area contributed by atoms with Crippen LogP contribution >= 0.6 is 0 Å². The number of carbonyl (C=O) groups is 1. The van der Waals surface area contributed by atoms with E-state index in [9.17, 15) is 15.0 Å². The molecule has 0 aromatic carbocycles. The van der Waals surface area contributed by atoms with Gasteiger partial charge in [-0.2, -0.15) is 0 Å². The van der Waals surface area contributed by atoms with Gasteiger partial charge in [0.25, 0.3) is 0 Å². The fraction of sp³-hybridized carbons (Fsp3) is 0.929. The van der Waals surface area contributed by atoms with Crippen LogP contribution < -0.4 is 0 Å². The zero-order valence-electron chi connectivity index (χ0n) is 11.9. The minimum absolute atomic E-state index is 0.426. The van der Waals surface area contributed by atoms with Crippen LogP contribution in [0.25, 0.3) is 0 Å². The fourth-order valence-electron chi connectivity index (χ4n) is 1.92. The van der Waals surface area contributed by atoms with Crippen LogP contribution in [0.5, 0.6) is 0 Å². The lowest BCUT2D eigenvalue weighted by molar-refractivity contribution is -0.172. The molecule has 0 saturated carbocycles. The van der Waals surface area contributed by atoms with E-state index >= 15 is 0 Å². The molecule has 18 heavy (non-hydrogen) atoms. The highest BCUT2D eigenvalue weighted by atomic mass is 16.5. The lowest BCUT2D eigenvalue weighted by Gasteiger charge is -2.26. The van der Waals surface area contributed by atoms with Crippen LogP contribution in [-0.2, 0) is 9.53 Å². The molecule has 0 saturated heterocycles. The number of methoxy groups -OCH3 is 1. The van der Waals surface area contributed by atoms with Crippen LogP contribution in [0.3, 0.4) is 0 Å². The van der Waals surface area contributed by atoms with Crippen LogP contribution in [0.1, 0.15) is 65.2 Å². The maximum Gasteiger partial charge on any atom is 0.340 e. The molecule has 0 aromatic rings. The summed E-state index contributed by atoms with van der Waals surface area (Å²) < 4.78 is 4.46. The Hall–Kier alpha value is -0.610. The van der Waals surface area contributed by atoms with E-state index in [1.807, 2.05) is 0 Å². The van der Waals surface area contributed by atoms with E-state index in [1.54, 1.807) is 0 Å². The summed E-state index contributed by atoms with van der Waals surface area (Å²) >= 11 is 0. The second-order valence-corrected chi connectivity index (χ2v) is 5.06. The van der Waals surface area contributed by atoms with Crippen molar-refractivity contribution in [3.05, 3.63) is 0 Å². The number of hydrogen-bond donors (Lipinski definition) is 2. The van der Waals surface area contributed by atoms with Gasteiger partial charge in [0, 0.05) is 0 Å². The zero-order chi connectivity index (χ0) is 14.0. The van der Waals surface area contributed by atoms with Gasteiger partial charge < -0.3 is 14.9 Å². The Morgan fingerprint density at radius 2 is 1.67 bits per heavy atom. The van der Waals surface area contributed by atoms with Crippen molar-refractivity contribution in [2.24, 2.45) is 0 Å². The van der Waals surface area contributed by atoms with Crippen LogP contribution in [0, 0.1) is 0 Å². The fourth-order valence-corrected chi connectivity index (χ4v) is 1.92. The molecule has 0 unspecified atom stereocenters. The van der Waals surface area contributed by atoms with Gasteiger partial charge in [-0.3, -0.25) is 0 Å². The summed E-state index contributed by atoms with van der Waals surface area (Å²) in [7, 11) is 1.21. The molecule has 4 heteroatoms. The molecule has 0 bridgehead atoms. The van der Waals surface area contributed by atoms with E-state index in [4.69, 9.17) is 0 Å². The van der Waals surface area contributed by atoms with Gasteiger partial charge in [0.05, 0.1) is 13.2 Å². The molecular weight excluding hydrogens is 232 g/mol. The Morgan fingerprint density at radius 3 is 2.17 bits per heavy atom. The van der Waals surface area contributed by atoms with Crippen molar-refractivity contribution < 1.29 is 19.7 Å². The molecular formula is C14H28O4. The minimum atomic E-state index is -1.79. The first kappa shape index (κ1) is 17.4. The first-order valence-electron chi connectivity index (χ1n) is 6.95. The average molecular weight is 260 g/mol. The summed E-state index contributed by atoms with van der Waals surface area (Å²) in [6, 6.07) is 0. The van der Waals surface area contributed by atoms with Crippen molar-refractivity contribution in [1.29, 1.82) is 0 Å². The Bertz CT molecular complexity index is 226. The maximum atomic E-state index is 11.2. The highest BCUT2D eigenvalue weighted by Crippen LogP contribution is 2.18. The van der Waals surface area contributed by atoms with Crippen LogP contribution in [0.15, 0.2) is 0 Å². The van der Waals surface area contributed by atoms with Crippen molar-refractivity contribution in [3.63, 3.8) is 0 Å². The van der Waals surface area contributed by atoms with E-state index in [0.29, 0.717) is 6.42 Å². The number of unbranched alkanes of at least 4 members (excludes halogenated alkanes) is 6. The quantitative estimate of drug-likeness (QED) is 0.467. The SMILES string of the molecule is CCCCCCCCC[C@H](O)[C@@](C)(O)C(=O)OC. The van der Waals surface area contributed by atoms with Crippen LogP contribution in [-0.4, -0.2) is 35.0 Å². The number of aliphatic hydroxyl groups is 2. The predicted molar refractivity (Wildman–Crippen MR) is 71.3 cm³/mol. The van der Waals surface area contributed by atoms with E-state index in [2.05, 4.69) is 11.7 Å². The second kappa shape index (κ2) is 9.34. The smallest absolute Gasteiger partial charge is 0.340 e. The molecule has 0 amide bonds. The molecule has 0 radical (unpaired) electrons. The van der Waals surface area contributed by atoms with Gasteiger partial charge in [-0.1, -0.05) is 51.9 Å². The Morgan fingerprint density at radius 1 is 1.17 bits per heavy atom. The molecule has 0 spiro atoms. The molecule has 0 aliphatic carbocycles. The van der Waals surface area contributed by atoms with Gasteiger partial charge in [-0.15, -0.1) is 0 Å². The highest BCUT2D eigenvalue weighted by Gasteiger charge is 2.38. The standard InChI is InChI=1S/C14H28O4/c1-4-5-6-7-8-9-10-11-12(15)14(2,17)13(16)18-3/h12,15,17H,4-11H2,1-3H3/t12-,14+/m0/s1. The maximum absolute atomic E-state index is 11.2. The third-order valence-corrected chi connectivity index (χ3v) is 3.33. The first-order chi connectivity index (χ1) is 8.46. The van der Waals surface area contributed by atoms with E-state index in [-0.39, 0.29) is 0 Å². The highest BCUT2D eigenvalue weighted by molar-refractivity contribution is 5.79. The van der Waals surface area contributed by atoms with Crippen molar-refractivity contribution in [1.82, 2.24) is 0 Å². The molecule has 0 fully saturated rings. The Labute approximate surface area is 110 Å². The summed E-state index contributed by atoms with van der Waals surface area (Å²) in [5.74, 6) is -0.780. The number of aliphatic hydroxyl groups excluding tert-OH is 1. The molecule has 0 aliphatic heterocycles.